The minimum absolute atomic E-state index is 0.533. The summed E-state index contributed by atoms with van der Waals surface area (Å²) >= 11 is 0. The third-order valence-corrected chi connectivity index (χ3v) is 8.84. The van der Waals surface area contributed by atoms with E-state index in [4.69, 9.17) is 17.2 Å². The number of nitrogens with two attached hydrogens (primary N) is 3. The van der Waals surface area contributed by atoms with Crippen molar-refractivity contribution in [2.75, 3.05) is 17.2 Å². The van der Waals surface area contributed by atoms with Gasteiger partial charge in [0.15, 0.2) is 0 Å². The molecular weight excluding hydrogens is 600 g/mol. The zero-order valence-electron chi connectivity index (χ0n) is 27.0. The maximum absolute atomic E-state index is 6.03. The molecule has 0 atom stereocenters. The van der Waals surface area contributed by atoms with Gasteiger partial charge < -0.3 is 17.2 Å². The number of anilines is 3. The standard InChI is InChI=1S/C36H36N12/c1-22-31(16-46-19-34(40-43-46)25-7-4-10-28(37)13-25)23(2)33(18-48-21-36(42-45-48)27-9-6-12-30(39)15-27)24(3)32(22)17-47-20-35(41-44-47)26-8-5-11-29(38)14-26/h4-15,19-21H,16-18,37-39H2,1-3H3. The van der Waals surface area contributed by atoms with Gasteiger partial charge in [0.05, 0.1) is 38.2 Å². The van der Waals surface area contributed by atoms with Crippen LogP contribution in [-0.2, 0) is 19.6 Å². The molecule has 3 aromatic heterocycles. The van der Waals surface area contributed by atoms with Gasteiger partial charge in [-0.15, -0.1) is 15.3 Å². The van der Waals surface area contributed by atoms with E-state index < -0.39 is 0 Å². The molecule has 7 aromatic rings. The molecule has 0 unspecified atom stereocenters. The van der Waals surface area contributed by atoms with Crippen LogP contribution in [0.4, 0.5) is 17.1 Å². The van der Waals surface area contributed by atoms with E-state index in [0.29, 0.717) is 36.7 Å². The van der Waals surface area contributed by atoms with Crippen LogP contribution in [0.2, 0.25) is 0 Å². The van der Waals surface area contributed by atoms with Gasteiger partial charge in [0, 0.05) is 33.8 Å². The van der Waals surface area contributed by atoms with Crippen molar-refractivity contribution in [3.63, 3.8) is 0 Å². The molecular formula is C36H36N12. The van der Waals surface area contributed by atoms with Gasteiger partial charge in [-0.1, -0.05) is 52.0 Å². The molecule has 6 N–H and O–H groups in total. The molecule has 0 radical (unpaired) electrons. The molecule has 4 aromatic carbocycles. The molecule has 48 heavy (non-hydrogen) atoms. The molecule has 12 heteroatoms. The zero-order valence-corrected chi connectivity index (χ0v) is 27.0. The van der Waals surface area contributed by atoms with Crippen molar-refractivity contribution in [1.82, 2.24) is 45.0 Å². The second-order valence-corrected chi connectivity index (χ2v) is 12.1. The molecule has 0 bridgehead atoms. The molecule has 12 nitrogen and oxygen atoms in total. The average Bonchev–Trinajstić information content (AvgIpc) is 3.85. The quantitative estimate of drug-likeness (QED) is 0.178. The molecule has 0 saturated carbocycles. The summed E-state index contributed by atoms with van der Waals surface area (Å²) in [6.45, 7) is 8.08. The number of hydrogen-bond acceptors (Lipinski definition) is 9. The highest BCUT2D eigenvalue weighted by atomic mass is 15.4. The maximum atomic E-state index is 6.03. The summed E-state index contributed by atoms with van der Waals surface area (Å²) in [5, 5.41) is 26.8. The molecule has 0 aliphatic heterocycles. The lowest BCUT2D eigenvalue weighted by Gasteiger charge is -2.22. The van der Waals surface area contributed by atoms with Crippen molar-refractivity contribution < 1.29 is 0 Å². The zero-order chi connectivity index (χ0) is 33.4. The van der Waals surface area contributed by atoms with E-state index in [-0.39, 0.29) is 0 Å². The minimum Gasteiger partial charge on any atom is -0.399 e. The lowest BCUT2D eigenvalue weighted by Crippen LogP contribution is -2.15. The van der Waals surface area contributed by atoms with Crippen molar-refractivity contribution >= 4 is 17.1 Å². The first kappa shape index (κ1) is 30.4. The fraction of sp³-hybridized carbons (Fsp3) is 0.167. The average molecular weight is 637 g/mol. The summed E-state index contributed by atoms with van der Waals surface area (Å²) in [6.07, 6.45) is 5.87. The van der Waals surface area contributed by atoms with Crippen LogP contribution in [0.1, 0.15) is 33.4 Å². The molecule has 0 aliphatic rings. The van der Waals surface area contributed by atoms with E-state index >= 15 is 0 Å². The first-order valence-electron chi connectivity index (χ1n) is 15.6. The molecule has 0 amide bonds. The number of nitrogens with zero attached hydrogens (tertiary/aromatic N) is 9. The first-order chi connectivity index (χ1) is 23.2. The Balaban J connectivity index is 1.26. The summed E-state index contributed by atoms with van der Waals surface area (Å²) in [4.78, 5) is 0. The summed E-state index contributed by atoms with van der Waals surface area (Å²) in [5.74, 6) is 0. The van der Waals surface area contributed by atoms with Crippen LogP contribution in [0.5, 0.6) is 0 Å². The SMILES string of the molecule is Cc1c(Cn2cc(-c3cccc(N)c3)nn2)c(C)c(Cn2cc(-c3cccc(N)c3)nn2)c(C)c1Cn1cc(-c2cccc(N)c2)nn1. The van der Waals surface area contributed by atoms with Gasteiger partial charge in [-0.3, -0.25) is 0 Å². The molecule has 240 valence electrons. The summed E-state index contributed by atoms with van der Waals surface area (Å²) < 4.78 is 5.62. The molecule has 0 saturated heterocycles. The fourth-order valence-electron chi connectivity index (χ4n) is 6.21. The molecule has 7 rings (SSSR count). The van der Waals surface area contributed by atoms with Gasteiger partial charge in [-0.05, 0) is 90.6 Å². The highest BCUT2D eigenvalue weighted by Gasteiger charge is 2.20. The highest BCUT2D eigenvalue weighted by Crippen LogP contribution is 2.31. The van der Waals surface area contributed by atoms with E-state index in [9.17, 15) is 0 Å². The van der Waals surface area contributed by atoms with Gasteiger partial charge in [0.1, 0.15) is 17.1 Å². The monoisotopic (exact) mass is 636 g/mol. The van der Waals surface area contributed by atoms with E-state index in [1.807, 2.05) is 105 Å². The van der Waals surface area contributed by atoms with Gasteiger partial charge in [-0.25, -0.2) is 14.0 Å². The summed E-state index contributed by atoms with van der Waals surface area (Å²) in [7, 11) is 0. The Morgan fingerprint density at radius 1 is 0.458 bits per heavy atom. The van der Waals surface area contributed by atoms with Gasteiger partial charge >= 0.3 is 0 Å². The summed E-state index contributed by atoms with van der Waals surface area (Å²) in [6, 6.07) is 23.0. The predicted octanol–water partition coefficient (Wildman–Crippen LogP) is 5.28. The summed E-state index contributed by atoms with van der Waals surface area (Å²) in [5.41, 5.74) is 32.1. The van der Waals surface area contributed by atoms with Crippen molar-refractivity contribution in [3.8, 4) is 33.8 Å². The second-order valence-electron chi connectivity index (χ2n) is 12.1. The van der Waals surface area contributed by atoms with Crippen LogP contribution < -0.4 is 17.2 Å². The Kier molecular flexibility index (Phi) is 7.89. The van der Waals surface area contributed by atoms with E-state index in [0.717, 1.165) is 67.2 Å². The van der Waals surface area contributed by atoms with Crippen LogP contribution in [0, 0.1) is 20.8 Å². The Morgan fingerprint density at radius 3 is 1.02 bits per heavy atom. The molecule has 0 fully saturated rings. The smallest absolute Gasteiger partial charge is 0.113 e. The third-order valence-electron chi connectivity index (χ3n) is 8.84. The lowest BCUT2D eigenvalue weighted by atomic mass is 9.88. The fourth-order valence-corrected chi connectivity index (χ4v) is 6.21. The Morgan fingerprint density at radius 2 is 0.750 bits per heavy atom. The normalized spacial score (nSPS) is 11.3. The number of aromatic nitrogens is 9. The Labute approximate surface area is 277 Å². The van der Waals surface area contributed by atoms with E-state index in [2.05, 4.69) is 51.7 Å². The van der Waals surface area contributed by atoms with E-state index in [1.165, 1.54) is 0 Å². The topological polar surface area (TPSA) is 170 Å². The van der Waals surface area contributed by atoms with Gasteiger partial charge in [0.2, 0.25) is 0 Å². The van der Waals surface area contributed by atoms with Gasteiger partial charge in [0.25, 0.3) is 0 Å². The number of nitrogen functional groups attached to an aromatic ring is 3. The Bertz CT molecular complexity index is 1980. The molecule has 0 spiro atoms. The largest absolute Gasteiger partial charge is 0.399 e. The predicted molar refractivity (Wildman–Crippen MR) is 188 cm³/mol. The van der Waals surface area contributed by atoms with Crippen molar-refractivity contribution in [2.45, 2.75) is 40.4 Å². The second kappa shape index (κ2) is 12.5. The first-order valence-corrected chi connectivity index (χ1v) is 15.6. The van der Waals surface area contributed by atoms with Crippen LogP contribution in [0.25, 0.3) is 33.8 Å². The van der Waals surface area contributed by atoms with Crippen molar-refractivity contribution in [3.05, 3.63) is 125 Å². The van der Waals surface area contributed by atoms with Crippen LogP contribution in [-0.4, -0.2) is 45.0 Å². The van der Waals surface area contributed by atoms with E-state index in [1.54, 1.807) is 0 Å². The van der Waals surface area contributed by atoms with Crippen molar-refractivity contribution in [1.29, 1.82) is 0 Å². The molecule has 0 aliphatic carbocycles. The lowest BCUT2D eigenvalue weighted by molar-refractivity contribution is 0.618. The van der Waals surface area contributed by atoms with Crippen LogP contribution in [0.3, 0.4) is 0 Å². The Hall–Kier alpha value is -6.30. The minimum atomic E-state index is 0.533. The van der Waals surface area contributed by atoms with Gasteiger partial charge in [-0.2, -0.15) is 0 Å². The van der Waals surface area contributed by atoms with Crippen LogP contribution >= 0.6 is 0 Å². The maximum Gasteiger partial charge on any atom is 0.113 e. The molecule has 3 heterocycles. The number of hydrogen-bond donors (Lipinski definition) is 3. The number of benzene rings is 4. The van der Waals surface area contributed by atoms with Crippen molar-refractivity contribution in [2.24, 2.45) is 0 Å². The van der Waals surface area contributed by atoms with Crippen LogP contribution in [0.15, 0.2) is 91.4 Å². The highest BCUT2D eigenvalue weighted by molar-refractivity contribution is 5.65. The number of rotatable bonds is 9. The third kappa shape index (κ3) is 6.10.